The molecule has 0 aliphatic heterocycles. The third kappa shape index (κ3) is 25.5. The molecule has 0 aliphatic carbocycles. The number of guanidine groups is 2. The van der Waals surface area contributed by atoms with Crippen molar-refractivity contribution in [2.75, 3.05) is 31.1 Å². The largest absolute Gasteiger partial charge is 0.480 e. The molecule has 0 aromatic carbocycles. The van der Waals surface area contributed by atoms with Crippen LogP contribution in [0.15, 0.2) is 9.98 Å². The summed E-state index contributed by atoms with van der Waals surface area (Å²) in [7, 11) is 0. The minimum absolute atomic E-state index is 0.0319. The van der Waals surface area contributed by atoms with Crippen molar-refractivity contribution in [2.24, 2.45) is 50.5 Å². The second kappa shape index (κ2) is 31.3. The molecule has 8 atom stereocenters. The number of aliphatic imine (C=N–C) groups is 2. The van der Waals surface area contributed by atoms with Crippen molar-refractivity contribution in [2.45, 2.75) is 128 Å². The Balaban J connectivity index is 6.44. The highest BCUT2D eigenvalue weighted by atomic mass is 32.1. The van der Waals surface area contributed by atoms with Crippen molar-refractivity contribution in [3.63, 3.8) is 0 Å². The summed E-state index contributed by atoms with van der Waals surface area (Å²) >= 11 is 7.86. The molecule has 0 aromatic heterocycles. The number of carbonyl (C=O) groups excluding carboxylic acids is 8. The lowest BCUT2D eigenvalue weighted by Gasteiger charge is -2.28. The van der Waals surface area contributed by atoms with Crippen LogP contribution in [-0.2, 0) is 43.2 Å². The van der Waals surface area contributed by atoms with Gasteiger partial charge in [-0.2, -0.15) is 25.3 Å². The first-order valence-corrected chi connectivity index (χ1v) is 22.3. The average Bonchev–Trinajstić information content (AvgIpc) is 3.21. The lowest BCUT2D eigenvalue weighted by Crippen LogP contribution is -2.60. The van der Waals surface area contributed by atoms with Gasteiger partial charge in [0.25, 0.3) is 0 Å². The van der Waals surface area contributed by atoms with Gasteiger partial charge in [0.2, 0.25) is 47.3 Å². The number of thiol groups is 2. The second-order valence-corrected chi connectivity index (χ2v) is 16.7. The van der Waals surface area contributed by atoms with E-state index in [1.165, 1.54) is 13.8 Å². The third-order valence-corrected chi connectivity index (χ3v) is 9.87. The van der Waals surface area contributed by atoms with Gasteiger partial charge in [0.05, 0.1) is 12.6 Å². The number of aliphatic carboxylic acids is 1. The van der Waals surface area contributed by atoms with Gasteiger partial charge in [-0.25, -0.2) is 4.79 Å². The number of rotatable bonds is 31. The molecule has 0 aromatic rings. The summed E-state index contributed by atoms with van der Waals surface area (Å²) in [6.07, 6.45) is 0.477. The molecule has 25 nitrogen and oxygen atoms in total. The number of amides is 8. The Kier molecular flexibility index (Phi) is 28.6. The van der Waals surface area contributed by atoms with E-state index < -0.39 is 108 Å². The maximum absolute atomic E-state index is 14.1. The van der Waals surface area contributed by atoms with E-state index in [1.807, 2.05) is 0 Å². The van der Waals surface area contributed by atoms with Gasteiger partial charge in [0, 0.05) is 24.6 Å². The highest BCUT2D eigenvalue weighted by Gasteiger charge is 2.33. The quantitative estimate of drug-likeness (QED) is 0.0134. The second-order valence-electron chi connectivity index (χ2n) is 16.0. The van der Waals surface area contributed by atoms with E-state index in [2.05, 4.69) is 77.8 Å². The Hall–Kier alpha value is -5.57. The molecule has 0 saturated heterocycles. The van der Waals surface area contributed by atoms with Crippen LogP contribution in [0.5, 0.6) is 0 Å². The molecule has 0 bridgehead atoms. The SMILES string of the molecule is CC(C)C[C@H](NC(=O)[C@H](C)NC(=O)CNC(=O)[C@@H](N)CS)C(=O)N[C@@H](CCCN=C(N)N)C(=O)N[C@@H](CC(C)C)C(=O)N[C@@H](CCCN=C(N)N)C(=O)N[C@@H](C)C(=O)N[C@@H](CS)C(=O)O. The molecule has 8 amide bonds. The van der Waals surface area contributed by atoms with Crippen molar-refractivity contribution in [1.29, 1.82) is 0 Å². The molecule has 0 radical (unpaired) electrons. The highest BCUT2D eigenvalue weighted by molar-refractivity contribution is 7.80. The smallest absolute Gasteiger partial charge is 0.327 e. The fourth-order valence-corrected chi connectivity index (χ4v) is 6.08. The first-order valence-electron chi connectivity index (χ1n) is 21.0. The van der Waals surface area contributed by atoms with Gasteiger partial charge in [0.1, 0.15) is 42.3 Å². The van der Waals surface area contributed by atoms with Gasteiger partial charge in [-0.15, -0.1) is 0 Å². The Morgan fingerprint density at radius 2 is 0.877 bits per heavy atom. The fourth-order valence-electron chi connectivity index (χ4n) is 5.67. The number of hydrogen-bond donors (Lipinski definition) is 16. The lowest BCUT2D eigenvalue weighted by atomic mass is 10.00. The molecule has 0 unspecified atom stereocenters. The first kappa shape index (κ1) is 59.4. The minimum atomic E-state index is -1.34. The van der Waals surface area contributed by atoms with Crippen molar-refractivity contribution in [3.05, 3.63) is 0 Å². The summed E-state index contributed by atoms with van der Waals surface area (Å²) in [6.45, 7) is 9.52. The van der Waals surface area contributed by atoms with Crippen LogP contribution in [0.4, 0.5) is 0 Å². The van der Waals surface area contributed by atoms with Crippen LogP contribution in [0, 0.1) is 11.8 Å². The zero-order valence-electron chi connectivity index (χ0n) is 37.8. The van der Waals surface area contributed by atoms with Crippen LogP contribution >= 0.6 is 25.3 Å². The molecular formula is C38H71N15O10S2. The zero-order chi connectivity index (χ0) is 50.0. The maximum Gasteiger partial charge on any atom is 0.327 e. The van der Waals surface area contributed by atoms with Crippen LogP contribution in [0.25, 0.3) is 0 Å². The van der Waals surface area contributed by atoms with Crippen LogP contribution in [0.3, 0.4) is 0 Å². The van der Waals surface area contributed by atoms with E-state index in [0.717, 1.165) is 0 Å². The van der Waals surface area contributed by atoms with Crippen LogP contribution < -0.4 is 71.2 Å². The van der Waals surface area contributed by atoms with E-state index in [4.69, 9.17) is 28.7 Å². The molecule has 65 heavy (non-hydrogen) atoms. The van der Waals surface area contributed by atoms with Crippen LogP contribution in [-0.4, -0.2) is 150 Å². The minimum Gasteiger partial charge on any atom is -0.480 e. The van der Waals surface area contributed by atoms with Gasteiger partial charge in [-0.1, -0.05) is 27.7 Å². The Morgan fingerprint density at radius 3 is 1.26 bits per heavy atom. The lowest BCUT2D eigenvalue weighted by molar-refractivity contribution is -0.141. The van der Waals surface area contributed by atoms with E-state index in [9.17, 15) is 48.3 Å². The number of hydrogen-bond acceptors (Lipinski definition) is 14. The molecule has 370 valence electrons. The van der Waals surface area contributed by atoms with E-state index in [0.29, 0.717) is 0 Å². The maximum atomic E-state index is 14.1. The molecule has 0 aliphatic rings. The molecule has 27 heteroatoms. The molecule has 0 fully saturated rings. The average molecular weight is 962 g/mol. The standard InChI is InChI=1S/C38H71N15O10S2/c1-18(2)13-25(51-29(55)20(5)47-28(54)15-46-31(57)22(39)16-64)34(60)50-24(10-8-12-45-38(42)43)33(59)52-26(14-19(3)4)35(61)49-23(9-7-11-44-37(40)41)32(58)48-21(6)30(56)53-27(17-65)36(62)63/h18-27,64-65H,7-17,39H2,1-6H3,(H,46,57)(H,47,54)(H,48,58)(H,49,61)(H,50,60)(H,51,55)(H,52,59)(H,53,56)(H,62,63)(H4,40,41,44)(H4,42,43,45)/t20-,21-,22-,23-,24-,25-,26-,27-/m0/s1. The van der Waals surface area contributed by atoms with Crippen LogP contribution in [0.1, 0.15) is 80.1 Å². The van der Waals surface area contributed by atoms with Crippen molar-refractivity contribution >= 4 is 90.4 Å². The first-order chi connectivity index (χ1) is 30.3. The van der Waals surface area contributed by atoms with Crippen molar-refractivity contribution < 1.29 is 48.3 Å². The van der Waals surface area contributed by atoms with Gasteiger partial charge in [-0.05, 0) is 64.2 Å². The van der Waals surface area contributed by atoms with Gasteiger partial charge < -0.3 is 76.3 Å². The number of carboxylic acids is 1. The van der Waals surface area contributed by atoms with Gasteiger partial charge in [-0.3, -0.25) is 48.3 Å². The third-order valence-electron chi connectivity index (χ3n) is 9.11. The number of nitrogens with one attached hydrogen (secondary N) is 8. The van der Waals surface area contributed by atoms with Crippen LogP contribution in [0.2, 0.25) is 0 Å². The van der Waals surface area contributed by atoms with Gasteiger partial charge >= 0.3 is 5.97 Å². The Bertz CT molecular complexity index is 1680. The molecule has 19 N–H and O–H groups in total. The molecule has 0 rings (SSSR count). The zero-order valence-corrected chi connectivity index (χ0v) is 39.6. The fraction of sp³-hybridized carbons (Fsp3) is 0.711. The van der Waals surface area contributed by atoms with Crippen molar-refractivity contribution in [1.82, 2.24) is 42.5 Å². The normalized spacial score (nSPS) is 14.6. The highest BCUT2D eigenvalue weighted by Crippen LogP contribution is 2.11. The summed E-state index contributed by atoms with van der Waals surface area (Å²) in [5.74, 6) is -8.30. The number of carboxylic acid groups (broad SMARTS) is 1. The molecule has 0 spiro atoms. The predicted octanol–water partition coefficient (Wildman–Crippen LogP) is -4.99. The number of carbonyl (C=O) groups is 9. The van der Waals surface area contributed by atoms with E-state index in [-0.39, 0.29) is 86.9 Å². The number of nitrogens with zero attached hydrogens (tertiary/aromatic N) is 2. The Morgan fingerprint density at radius 1 is 0.508 bits per heavy atom. The summed E-state index contributed by atoms with van der Waals surface area (Å²) in [6, 6.07) is -9.75. The number of nitrogens with two attached hydrogens (primary N) is 5. The summed E-state index contributed by atoms with van der Waals surface area (Å²) in [5, 5.41) is 29.4. The summed E-state index contributed by atoms with van der Waals surface area (Å²) in [4.78, 5) is 125. The van der Waals surface area contributed by atoms with E-state index in [1.54, 1.807) is 27.7 Å². The van der Waals surface area contributed by atoms with E-state index >= 15 is 0 Å². The molecular weight excluding hydrogens is 891 g/mol. The topological polar surface area (TPSA) is 425 Å². The monoisotopic (exact) mass is 961 g/mol. The Labute approximate surface area is 390 Å². The van der Waals surface area contributed by atoms with Crippen molar-refractivity contribution in [3.8, 4) is 0 Å². The summed E-state index contributed by atoms with van der Waals surface area (Å²) in [5.41, 5.74) is 27.4. The predicted molar refractivity (Wildman–Crippen MR) is 250 cm³/mol. The van der Waals surface area contributed by atoms with Gasteiger partial charge in [0.15, 0.2) is 11.9 Å². The summed E-state index contributed by atoms with van der Waals surface area (Å²) < 4.78 is 0. The molecule has 0 saturated carbocycles. The molecule has 0 heterocycles.